The molecule has 0 spiro atoms. The summed E-state index contributed by atoms with van der Waals surface area (Å²) in [5, 5.41) is 14.8. The van der Waals surface area contributed by atoms with Crippen LogP contribution in [0.25, 0.3) is 0 Å². The van der Waals surface area contributed by atoms with Gasteiger partial charge in [-0.2, -0.15) is 5.10 Å². The van der Waals surface area contributed by atoms with Crippen LogP contribution in [0.3, 0.4) is 0 Å². The fraction of sp³-hybridized carbons (Fsp3) is 0.769. The van der Waals surface area contributed by atoms with E-state index in [1.807, 2.05) is 24.1 Å². The molecular weight excluding hydrogens is 200 g/mol. The van der Waals surface area contributed by atoms with Crippen molar-refractivity contribution >= 4 is 0 Å². The summed E-state index contributed by atoms with van der Waals surface area (Å²) in [6.07, 6.45) is 10.2. The fourth-order valence-corrected chi connectivity index (χ4v) is 3.00. The molecule has 16 heavy (non-hydrogen) atoms. The van der Waals surface area contributed by atoms with E-state index >= 15 is 0 Å². The molecule has 90 valence electrons. The van der Waals surface area contributed by atoms with Gasteiger partial charge in [-0.05, 0) is 37.2 Å². The summed E-state index contributed by atoms with van der Waals surface area (Å²) in [5.41, 5.74) is 0.822. The van der Waals surface area contributed by atoms with Crippen LogP contribution >= 0.6 is 0 Å². The molecule has 0 amide bonds. The molecular formula is C13H22N2O. The van der Waals surface area contributed by atoms with Crippen LogP contribution in [-0.4, -0.2) is 20.5 Å². The molecule has 0 aromatic carbocycles. The lowest BCUT2D eigenvalue weighted by Gasteiger charge is -2.29. The van der Waals surface area contributed by atoms with Crippen LogP contribution in [0.5, 0.6) is 0 Å². The Balaban J connectivity index is 1.94. The van der Waals surface area contributed by atoms with E-state index in [4.69, 9.17) is 0 Å². The number of aryl methyl sites for hydroxylation is 2. The zero-order chi connectivity index (χ0) is 11.6. The zero-order valence-corrected chi connectivity index (χ0v) is 10.3. The van der Waals surface area contributed by atoms with Crippen LogP contribution < -0.4 is 0 Å². The Morgan fingerprint density at radius 2 is 2.44 bits per heavy atom. The van der Waals surface area contributed by atoms with E-state index in [0.29, 0.717) is 5.92 Å². The van der Waals surface area contributed by atoms with Gasteiger partial charge in [-0.3, -0.25) is 4.68 Å². The third kappa shape index (κ3) is 2.29. The van der Waals surface area contributed by atoms with Gasteiger partial charge in [-0.1, -0.05) is 19.8 Å². The van der Waals surface area contributed by atoms with E-state index in [9.17, 15) is 5.11 Å². The maximum atomic E-state index is 10.6. The number of aliphatic hydroxyl groups is 1. The summed E-state index contributed by atoms with van der Waals surface area (Å²) in [7, 11) is 1.93. The van der Waals surface area contributed by atoms with Gasteiger partial charge in [0.05, 0.1) is 11.8 Å². The lowest BCUT2D eigenvalue weighted by atomic mass is 9.84. The highest BCUT2D eigenvalue weighted by molar-refractivity contribution is 5.06. The molecule has 0 bridgehead atoms. The molecule has 2 atom stereocenters. The van der Waals surface area contributed by atoms with Gasteiger partial charge in [0.25, 0.3) is 0 Å². The summed E-state index contributed by atoms with van der Waals surface area (Å²) in [6.45, 7) is 2.19. The van der Waals surface area contributed by atoms with Crippen LogP contribution in [0.15, 0.2) is 12.4 Å². The number of hydrogen-bond donors (Lipinski definition) is 1. The lowest BCUT2D eigenvalue weighted by Crippen LogP contribution is -2.33. The standard InChI is InChI=1S/C13H22N2O/c1-3-12-5-4-7-13(12,16)8-6-11-9-14-15(2)10-11/h9-10,12,16H,3-8H2,1-2H3. The van der Waals surface area contributed by atoms with Crippen LogP contribution in [-0.2, 0) is 13.5 Å². The Morgan fingerprint density at radius 3 is 3.06 bits per heavy atom. The minimum atomic E-state index is -0.412. The lowest BCUT2D eigenvalue weighted by molar-refractivity contribution is -0.00657. The third-order valence-corrected chi connectivity index (χ3v) is 4.02. The normalized spacial score (nSPS) is 29.8. The minimum Gasteiger partial charge on any atom is -0.390 e. The van der Waals surface area contributed by atoms with Crippen LogP contribution in [0.2, 0.25) is 0 Å². The molecule has 0 saturated heterocycles. The molecule has 1 aliphatic rings. The fourth-order valence-electron chi connectivity index (χ4n) is 3.00. The second-order valence-corrected chi connectivity index (χ2v) is 5.12. The molecule has 3 nitrogen and oxygen atoms in total. The minimum absolute atomic E-state index is 0.412. The van der Waals surface area contributed by atoms with Gasteiger partial charge in [-0.25, -0.2) is 0 Å². The molecule has 1 N–H and O–H groups in total. The Kier molecular flexibility index (Phi) is 3.33. The van der Waals surface area contributed by atoms with Gasteiger partial charge in [0.15, 0.2) is 0 Å². The molecule has 2 unspecified atom stereocenters. The van der Waals surface area contributed by atoms with Crippen molar-refractivity contribution in [2.24, 2.45) is 13.0 Å². The smallest absolute Gasteiger partial charge is 0.0678 e. The largest absolute Gasteiger partial charge is 0.390 e. The first-order valence-corrected chi connectivity index (χ1v) is 6.34. The van der Waals surface area contributed by atoms with Crippen molar-refractivity contribution in [1.82, 2.24) is 9.78 Å². The highest BCUT2D eigenvalue weighted by atomic mass is 16.3. The second-order valence-electron chi connectivity index (χ2n) is 5.12. The van der Waals surface area contributed by atoms with Gasteiger partial charge < -0.3 is 5.11 Å². The summed E-state index contributed by atoms with van der Waals surface area (Å²) in [5.74, 6) is 0.504. The SMILES string of the molecule is CCC1CCCC1(O)CCc1cnn(C)c1. The third-order valence-electron chi connectivity index (χ3n) is 4.02. The summed E-state index contributed by atoms with van der Waals surface area (Å²) in [6, 6.07) is 0. The van der Waals surface area contributed by atoms with E-state index < -0.39 is 5.60 Å². The van der Waals surface area contributed by atoms with Crippen molar-refractivity contribution in [3.63, 3.8) is 0 Å². The zero-order valence-electron chi connectivity index (χ0n) is 10.3. The number of nitrogens with zero attached hydrogens (tertiary/aromatic N) is 2. The van der Waals surface area contributed by atoms with Crippen molar-refractivity contribution in [3.8, 4) is 0 Å². The predicted octanol–water partition coefficient (Wildman–Crippen LogP) is 2.29. The van der Waals surface area contributed by atoms with E-state index in [2.05, 4.69) is 12.0 Å². The molecule has 1 aliphatic carbocycles. The van der Waals surface area contributed by atoms with E-state index in [1.165, 1.54) is 18.4 Å². The van der Waals surface area contributed by atoms with Crippen molar-refractivity contribution in [3.05, 3.63) is 18.0 Å². The van der Waals surface area contributed by atoms with Crippen LogP contribution in [0.1, 0.15) is 44.6 Å². The molecule has 1 aromatic rings. The number of hydrogen-bond acceptors (Lipinski definition) is 2. The first-order valence-electron chi connectivity index (χ1n) is 6.34. The van der Waals surface area contributed by atoms with Crippen molar-refractivity contribution in [2.75, 3.05) is 0 Å². The highest BCUT2D eigenvalue weighted by Crippen LogP contribution is 2.40. The van der Waals surface area contributed by atoms with Crippen molar-refractivity contribution in [1.29, 1.82) is 0 Å². The molecule has 3 heteroatoms. The maximum Gasteiger partial charge on any atom is 0.0678 e. The summed E-state index contributed by atoms with van der Waals surface area (Å²) >= 11 is 0. The molecule has 2 rings (SSSR count). The van der Waals surface area contributed by atoms with Gasteiger partial charge >= 0.3 is 0 Å². The Hall–Kier alpha value is -0.830. The molecule has 0 radical (unpaired) electrons. The van der Waals surface area contributed by atoms with Gasteiger partial charge in [0.1, 0.15) is 0 Å². The molecule has 1 fully saturated rings. The number of rotatable bonds is 4. The molecule has 1 aromatic heterocycles. The number of aromatic nitrogens is 2. The molecule has 1 heterocycles. The van der Waals surface area contributed by atoms with E-state index in [0.717, 1.165) is 25.7 Å². The van der Waals surface area contributed by atoms with Crippen LogP contribution in [0.4, 0.5) is 0 Å². The predicted molar refractivity (Wildman–Crippen MR) is 64.1 cm³/mol. The van der Waals surface area contributed by atoms with Gasteiger partial charge in [-0.15, -0.1) is 0 Å². The van der Waals surface area contributed by atoms with Crippen molar-refractivity contribution < 1.29 is 5.11 Å². The van der Waals surface area contributed by atoms with Gasteiger partial charge in [0, 0.05) is 13.2 Å². The first-order chi connectivity index (χ1) is 7.64. The van der Waals surface area contributed by atoms with Gasteiger partial charge in [0.2, 0.25) is 0 Å². The van der Waals surface area contributed by atoms with Crippen molar-refractivity contribution in [2.45, 2.75) is 51.0 Å². The summed E-state index contributed by atoms with van der Waals surface area (Å²) < 4.78 is 1.82. The molecule has 0 aliphatic heterocycles. The first kappa shape index (κ1) is 11.6. The van der Waals surface area contributed by atoms with Crippen LogP contribution in [0, 0.1) is 5.92 Å². The monoisotopic (exact) mass is 222 g/mol. The van der Waals surface area contributed by atoms with E-state index in [1.54, 1.807) is 0 Å². The topological polar surface area (TPSA) is 38.1 Å². The highest BCUT2D eigenvalue weighted by Gasteiger charge is 2.39. The maximum absolute atomic E-state index is 10.6. The average Bonchev–Trinajstić information content (AvgIpc) is 2.82. The summed E-state index contributed by atoms with van der Waals surface area (Å²) in [4.78, 5) is 0. The molecule has 1 saturated carbocycles. The second kappa shape index (κ2) is 4.58. The van der Waals surface area contributed by atoms with E-state index in [-0.39, 0.29) is 0 Å². The quantitative estimate of drug-likeness (QED) is 0.849. The Bertz CT molecular complexity index is 347. The Morgan fingerprint density at radius 1 is 1.62 bits per heavy atom. The Labute approximate surface area is 97.5 Å². The average molecular weight is 222 g/mol.